The molecule has 20 heavy (non-hydrogen) atoms. The zero-order valence-corrected chi connectivity index (χ0v) is 11.9. The highest BCUT2D eigenvalue weighted by atomic mass is 16.5. The minimum Gasteiger partial charge on any atom is -0.493 e. The summed E-state index contributed by atoms with van der Waals surface area (Å²) in [7, 11) is 3.22. The highest BCUT2D eigenvalue weighted by Gasteiger charge is 2.31. The number of aryl methyl sites for hydroxylation is 1. The van der Waals surface area contributed by atoms with Gasteiger partial charge in [-0.05, 0) is 43.5 Å². The largest absolute Gasteiger partial charge is 0.493 e. The van der Waals surface area contributed by atoms with Crippen molar-refractivity contribution in [3.63, 3.8) is 0 Å². The second-order valence-corrected chi connectivity index (χ2v) is 5.02. The van der Waals surface area contributed by atoms with Crippen molar-refractivity contribution in [2.24, 2.45) is 5.92 Å². The van der Waals surface area contributed by atoms with Crippen LogP contribution in [0.5, 0.6) is 11.5 Å². The van der Waals surface area contributed by atoms with Crippen LogP contribution >= 0.6 is 0 Å². The Hall–Kier alpha value is -1.75. The number of carbonyl (C=O) groups is 1. The highest BCUT2D eigenvalue weighted by Crippen LogP contribution is 2.29. The van der Waals surface area contributed by atoms with Crippen LogP contribution in [0.3, 0.4) is 0 Å². The molecule has 1 heterocycles. The summed E-state index contributed by atoms with van der Waals surface area (Å²) in [5.41, 5.74) is 1.13. The summed E-state index contributed by atoms with van der Waals surface area (Å²) in [6, 6.07) is 5.88. The third-order valence-electron chi connectivity index (χ3n) is 3.86. The number of rotatable bonds is 6. The Balaban J connectivity index is 1.98. The Bertz CT molecular complexity index is 475. The molecule has 0 aromatic heterocycles. The van der Waals surface area contributed by atoms with Gasteiger partial charge in [0.1, 0.15) is 0 Å². The molecule has 0 spiro atoms. The Labute approximate surface area is 118 Å². The van der Waals surface area contributed by atoms with Crippen LogP contribution in [-0.2, 0) is 11.2 Å². The van der Waals surface area contributed by atoms with Gasteiger partial charge in [0.25, 0.3) is 0 Å². The molecule has 0 radical (unpaired) electrons. The van der Waals surface area contributed by atoms with Gasteiger partial charge in [-0.25, -0.2) is 0 Å². The van der Waals surface area contributed by atoms with Crippen molar-refractivity contribution in [3.05, 3.63) is 23.8 Å². The lowest BCUT2D eigenvalue weighted by Gasteiger charge is -2.16. The maximum Gasteiger partial charge on any atom is 0.308 e. The summed E-state index contributed by atoms with van der Waals surface area (Å²) in [5, 5.41) is 12.4. The number of carboxylic acids is 1. The van der Waals surface area contributed by atoms with Gasteiger partial charge in [0.2, 0.25) is 0 Å². The van der Waals surface area contributed by atoms with Crippen LogP contribution in [0, 0.1) is 5.92 Å². The summed E-state index contributed by atoms with van der Waals surface area (Å²) < 4.78 is 10.5. The number of hydrogen-bond acceptors (Lipinski definition) is 4. The molecular weight excluding hydrogens is 258 g/mol. The van der Waals surface area contributed by atoms with Crippen molar-refractivity contribution in [3.8, 4) is 11.5 Å². The predicted octanol–water partition coefficient (Wildman–Crippen LogP) is 1.70. The summed E-state index contributed by atoms with van der Waals surface area (Å²) in [6.07, 6.45) is 2.35. The number of ether oxygens (including phenoxy) is 2. The van der Waals surface area contributed by atoms with Gasteiger partial charge in [0.05, 0.1) is 20.1 Å². The van der Waals surface area contributed by atoms with Crippen LogP contribution < -0.4 is 14.8 Å². The van der Waals surface area contributed by atoms with Gasteiger partial charge in [-0.15, -0.1) is 0 Å². The standard InChI is InChI=1S/C15H21NO4/c1-19-13-6-4-10(9-14(13)20-2)3-5-12-11(15(17)18)7-8-16-12/h4,6,9,11-12,16H,3,5,7-8H2,1-2H3,(H,17,18). The fraction of sp³-hybridized carbons (Fsp3) is 0.533. The third-order valence-corrected chi connectivity index (χ3v) is 3.86. The van der Waals surface area contributed by atoms with Gasteiger partial charge in [-0.2, -0.15) is 0 Å². The molecule has 0 aliphatic carbocycles. The van der Waals surface area contributed by atoms with Gasteiger partial charge in [0.15, 0.2) is 11.5 Å². The first-order chi connectivity index (χ1) is 9.65. The molecule has 1 fully saturated rings. The predicted molar refractivity (Wildman–Crippen MR) is 75.4 cm³/mol. The molecule has 5 heteroatoms. The first-order valence-corrected chi connectivity index (χ1v) is 6.82. The van der Waals surface area contributed by atoms with Crippen LogP contribution in [0.4, 0.5) is 0 Å². The summed E-state index contributed by atoms with van der Waals surface area (Å²) in [6.45, 7) is 0.785. The number of hydrogen-bond donors (Lipinski definition) is 2. The molecule has 110 valence electrons. The molecule has 1 aromatic rings. The van der Waals surface area contributed by atoms with Gasteiger partial charge in [-0.1, -0.05) is 6.07 Å². The smallest absolute Gasteiger partial charge is 0.308 e. The number of benzene rings is 1. The summed E-state index contributed by atoms with van der Waals surface area (Å²) >= 11 is 0. The normalized spacial score (nSPS) is 21.7. The quantitative estimate of drug-likeness (QED) is 0.829. The number of carboxylic acid groups (broad SMARTS) is 1. The van der Waals surface area contributed by atoms with Crippen molar-refractivity contribution in [1.82, 2.24) is 5.32 Å². The SMILES string of the molecule is COc1ccc(CCC2NCCC2C(=O)O)cc1OC. The lowest BCUT2D eigenvalue weighted by Crippen LogP contribution is -2.31. The first kappa shape index (κ1) is 14.7. The van der Waals surface area contributed by atoms with Crippen molar-refractivity contribution in [2.75, 3.05) is 20.8 Å². The Kier molecular flexibility index (Phi) is 4.84. The molecule has 5 nitrogen and oxygen atoms in total. The average molecular weight is 279 g/mol. The molecule has 0 bridgehead atoms. The second kappa shape index (κ2) is 6.61. The highest BCUT2D eigenvalue weighted by molar-refractivity contribution is 5.71. The first-order valence-electron chi connectivity index (χ1n) is 6.82. The Morgan fingerprint density at radius 3 is 2.75 bits per heavy atom. The topological polar surface area (TPSA) is 67.8 Å². The van der Waals surface area contributed by atoms with Crippen LogP contribution in [-0.4, -0.2) is 37.9 Å². The van der Waals surface area contributed by atoms with E-state index in [1.54, 1.807) is 14.2 Å². The molecule has 0 amide bonds. The second-order valence-electron chi connectivity index (χ2n) is 5.02. The maximum atomic E-state index is 11.1. The number of nitrogens with one attached hydrogen (secondary N) is 1. The van der Waals surface area contributed by atoms with Crippen molar-refractivity contribution in [2.45, 2.75) is 25.3 Å². The molecule has 2 unspecified atom stereocenters. The fourth-order valence-electron chi connectivity index (χ4n) is 2.72. The van der Waals surface area contributed by atoms with Gasteiger partial charge < -0.3 is 19.9 Å². The van der Waals surface area contributed by atoms with E-state index in [0.29, 0.717) is 17.9 Å². The van der Waals surface area contributed by atoms with E-state index in [9.17, 15) is 4.79 Å². The number of aliphatic carboxylic acids is 1. The lowest BCUT2D eigenvalue weighted by atomic mass is 9.95. The van der Waals surface area contributed by atoms with Gasteiger partial charge in [0, 0.05) is 6.04 Å². The van der Waals surface area contributed by atoms with E-state index < -0.39 is 5.97 Å². The molecular formula is C15H21NO4. The minimum absolute atomic E-state index is 0.0561. The monoisotopic (exact) mass is 279 g/mol. The van der Waals surface area contributed by atoms with E-state index in [0.717, 1.165) is 24.9 Å². The van der Waals surface area contributed by atoms with E-state index in [4.69, 9.17) is 14.6 Å². The Morgan fingerprint density at radius 1 is 1.35 bits per heavy atom. The van der Waals surface area contributed by atoms with E-state index in [1.807, 2.05) is 18.2 Å². The van der Waals surface area contributed by atoms with Crippen molar-refractivity contribution >= 4 is 5.97 Å². The van der Waals surface area contributed by atoms with E-state index in [1.165, 1.54) is 0 Å². The zero-order chi connectivity index (χ0) is 14.5. The zero-order valence-electron chi connectivity index (χ0n) is 11.9. The van der Waals surface area contributed by atoms with Gasteiger partial charge in [-0.3, -0.25) is 4.79 Å². The molecule has 1 aliphatic rings. The van der Waals surface area contributed by atoms with Crippen molar-refractivity contribution < 1.29 is 19.4 Å². The molecule has 0 saturated carbocycles. The van der Waals surface area contributed by atoms with Crippen molar-refractivity contribution in [1.29, 1.82) is 0 Å². The lowest BCUT2D eigenvalue weighted by molar-refractivity contribution is -0.142. The molecule has 2 atom stereocenters. The van der Waals surface area contributed by atoms with Gasteiger partial charge >= 0.3 is 5.97 Å². The van der Waals surface area contributed by atoms with E-state index in [2.05, 4.69) is 5.32 Å². The summed E-state index contributed by atoms with van der Waals surface area (Å²) in [5.74, 6) is 0.445. The molecule has 2 rings (SSSR count). The maximum absolute atomic E-state index is 11.1. The number of methoxy groups -OCH3 is 2. The van der Waals surface area contributed by atoms with Crippen LogP contribution in [0.1, 0.15) is 18.4 Å². The van der Waals surface area contributed by atoms with Crippen LogP contribution in [0.25, 0.3) is 0 Å². The van der Waals surface area contributed by atoms with E-state index in [-0.39, 0.29) is 12.0 Å². The summed E-state index contributed by atoms with van der Waals surface area (Å²) in [4.78, 5) is 11.1. The fourth-order valence-corrected chi connectivity index (χ4v) is 2.72. The van der Waals surface area contributed by atoms with Crippen LogP contribution in [0.15, 0.2) is 18.2 Å². The molecule has 2 N–H and O–H groups in total. The third kappa shape index (κ3) is 3.22. The van der Waals surface area contributed by atoms with Crippen LogP contribution in [0.2, 0.25) is 0 Å². The molecule has 1 aromatic carbocycles. The Morgan fingerprint density at radius 2 is 2.10 bits per heavy atom. The van der Waals surface area contributed by atoms with E-state index >= 15 is 0 Å². The minimum atomic E-state index is -0.702. The molecule has 1 aliphatic heterocycles. The molecule has 1 saturated heterocycles. The average Bonchev–Trinajstić information content (AvgIpc) is 2.93.